The summed E-state index contributed by atoms with van der Waals surface area (Å²) in [6, 6.07) is 22.8. The molecule has 43 heavy (non-hydrogen) atoms. The van der Waals surface area contributed by atoms with Gasteiger partial charge in [-0.3, -0.25) is 4.79 Å². The van der Waals surface area contributed by atoms with Gasteiger partial charge < -0.3 is 10.1 Å². The minimum Gasteiger partial charge on any atom is -0.489 e. The molecule has 3 aromatic carbocycles. The first-order chi connectivity index (χ1) is 20.5. The summed E-state index contributed by atoms with van der Waals surface area (Å²) >= 11 is 1.37. The number of nitrogens with one attached hydrogen (secondary N) is 1. The Morgan fingerprint density at radius 3 is 2.44 bits per heavy atom. The van der Waals surface area contributed by atoms with Crippen molar-refractivity contribution in [3.05, 3.63) is 112 Å². The number of carbonyl (C=O) groups is 1. The Labute approximate surface area is 256 Å². The minimum atomic E-state index is -0.413. The Morgan fingerprint density at radius 1 is 1.02 bits per heavy atom. The lowest BCUT2D eigenvalue weighted by Gasteiger charge is -2.38. The van der Waals surface area contributed by atoms with E-state index in [4.69, 9.17) is 14.8 Å². The molecule has 1 atom stereocenters. The number of anilines is 1. The standard InChI is InChI=1S/C35H37FN4O2S/c1-34(2,3)25-14-10-22(11-15-25)20-42-26-16-12-23(13-17-26)31-30-28(18-35(4,5)19-29(30)41)37-32-38-33(39-40(31)32)43-21-24-8-6-7-9-27(24)36/h6-17,31H,18-21H2,1-5H3,(H,37,38,39). The van der Waals surface area contributed by atoms with Crippen molar-refractivity contribution in [2.75, 3.05) is 5.32 Å². The van der Waals surface area contributed by atoms with E-state index in [0.717, 1.165) is 34.6 Å². The average Bonchev–Trinajstić information content (AvgIpc) is 3.36. The lowest BCUT2D eigenvalue weighted by Crippen LogP contribution is -2.36. The highest BCUT2D eigenvalue weighted by molar-refractivity contribution is 7.98. The molecule has 0 saturated heterocycles. The van der Waals surface area contributed by atoms with E-state index >= 15 is 0 Å². The highest BCUT2D eigenvalue weighted by atomic mass is 32.2. The molecule has 1 aliphatic heterocycles. The predicted octanol–water partition coefficient (Wildman–Crippen LogP) is 8.24. The molecule has 0 bridgehead atoms. The summed E-state index contributed by atoms with van der Waals surface area (Å²) in [5.74, 6) is 1.62. The summed E-state index contributed by atoms with van der Waals surface area (Å²) in [6.45, 7) is 11.3. The van der Waals surface area contributed by atoms with Crippen LogP contribution in [0.1, 0.15) is 75.8 Å². The van der Waals surface area contributed by atoms with Crippen LogP contribution in [-0.4, -0.2) is 20.5 Å². The zero-order chi connectivity index (χ0) is 30.4. The maximum atomic E-state index is 14.2. The Hall–Kier alpha value is -3.91. The van der Waals surface area contributed by atoms with E-state index in [1.54, 1.807) is 16.8 Å². The first-order valence-corrected chi connectivity index (χ1v) is 15.6. The van der Waals surface area contributed by atoms with E-state index in [-0.39, 0.29) is 22.4 Å². The van der Waals surface area contributed by atoms with Crippen LogP contribution in [0.25, 0.3) is 0 Å². The SMILES string of the molecule is CC1(C)CC(=O)C2=C(C1)Nc1nc(SCc3ccccc3F)nn1C2c1ccc(OCc2ccc(C(C)(C)C)cc2)cc1. The molecule has 1 unspecified atom stereocenters. The molecule has 4 aromatic rings. The average molecular weight is 597 g/mol. The quantitative estimate of drug-likeness (QED) is 0.217. The van der Waals surface area contributed by atoms with Crippen LogP contribution < -0.4 is 10.1 Å². The zero-order valence-electron chi connectivity index (χ0n) is 25.3. The van der Waals surface area contributed by atoms with Crippen LogP contribution in [0.2, 0.25) is 0 Å². The molecule has 222 valence electrons. The number of hydrogen-bond acceptors (Lipinski definition) is 6. The number of allylic oxidation sites excluding steroid dienone is 2. The number of ketones is 1. The van der Waals surface area contributed by atoms with Gasteiger partial charge in [-0.15, -0.1) is 5.10 Å². The molecule has 0 fully saturated rings. The second-order valence-corrected chi connectivity index (χ2v) is 14.2. The number of thioether (sulfide) groups is 1. The maximum absolute atomic E-state index is 14.2. The van der Waals surface area contributed by atoms with Gasteiger partial charge in [0.05, 0.1) is 0 Å². The van der Waals surface area contributed by atoms with E-state index in [0.29, 0.717) is 35.4 Å². The monoisotopic (exact) mass is 596 g/mol. The number of benzene rings is 3. The van der Waals surface area contributed by atoms with Crippen molar-refractivity contribution in [2.24, 2.45) is 5.41 Å². The first-order valence-electron chi connectivity index (χ1n) is 14.7. The molecule has 0 spiro atoms. The third-order valence-electron chi connectivity index (χ3n) is 8.05. The second kappa shape index (κ2) is 11.3. The van der Waals surface area contributed by atoms with Gasteiger partial charge in [-0.1, -0.05) is 101 Å². The molecule has 1 N–H and O–H groups in total. The molecular formula is C35H37FN4O2S. The van der Waals surface area contributed by atoms with Gasteiger partial charge in [-0.2, -0.15) is 4.98 Å². The number of rotatable bonds is 7. The van der Waals surface area contributed by atoms with Gasteiger partial charge in [0.1, 0.15) is 24.2 Å². The molecule has 6 rings (SSSR count). The van der Waals surface area contributed by atoms with Crippen LogP contribution in [0.4, 0.5) is 10.3 Å². The normalized spacial score (nSPS) is 17.7. The number of aromatic nitrogens is 3. The van der Waals surface area contributed by atoms with Crippen molar-refractivity contribution >= 4 is 23.5 Å². The summed E-state index contributed by atoms with van der Waals surface area (Å²) in [5, 5.41) is 8.74. The first kappa shape index (κ1) is 29.2. The summed E-state index contributed by atoms with van der Waals surface area (Å²) in [6.07, 6.45) is 1.21. The molecule has 0 amide bonds. The van der Waals surface area contributed by atoms with Crippen LogP contribution in [0.15, 0.2) is 89.2 Å². The Morgan fingerprint density at radius 2 is 1.74 bits per heavy atom. The van der Waals surface area contributed by atoms with Gasteiger partial charge in [0.15, 0.2) is 5.78 Å². The summed E-state index contributed by atoms with van der Waals surface area (Å²) < 4.78 is 22.1. The maximum Gasteiger partial charge on any atom is 0.227 e. The lowest BCUT2D eigenvalue weighted by molar-refractivity contribution is -0.118. The molecule has 1 aliphatic carbocycles. The smallest absolute Gasteiger partial charge is 0.227 e. The molecule has 8 heteroatoms. The van der Waals surface area contributed by atoms with Gasteiger partial charge in [0.25, 0.3) is 0 Å². The fraction of sp³-hybridized carbons (Fsp3) is 0.343. The van der Waals surface area contributed by atoms with Gasteiger partial charge in [0, 0.05) is 23.4 Å². The van der Waals surface area contributed by atoms with Gasteiger partial charge in [-0.25, -0.2) is 9.07 Å². The highest BCUT2D eigenvalue weighted by Crippen LogP contribution is 2.46. The Kier molecular flexibility index (Phi) is 7.67. The fourth-order valence-electron chi connectivity index (χ4n) is 5.73. The number of nitrogens with zero attached hydrogens (tertiary/aromatic N) is 3. The van der Waals surface area contributed by atoms with Crippen LogP contribution in [-0.2, 0) is 22.6 Å². The number of carbonyl (C=O) groups excluding carboxylic acids is 1. The van der Waals surface area contributed by atoms with E-state index in [1.165, 1.54) is 23.4 Å². The summed E-state index contributed by atoms with van der Waals surface area (Å²) in [5.41, 5.74) is 5.51. The van der Waals surface area contributed by atoms with E-state index in [2.05, 4.69) is 64.2 Å². The highest BCUT2D eigenvalue weighted by Gasteiger charge is 2.42. The predicted molar refractivity (Wildman–Crippen MR) is 169 cm³/mol. The molecule has 2 aliphatic rings. The summed E-state index contributed by atoms with van der Waals surface area (Å²) in [4.78, 5) is 18.3. The van der Waals surface area contributed by atoms with Crippen LogP contribution in [0, 0.1) is 11.2 Å². The third-order valence-corrected chi connectivity index (χ3v) is 8.93. The fourth-order valence-corrected chi connectivity index (χ4v) is 6.55. The molecule has 6 nitrogen and oxygen atoms in total. The van der Waals surface area contributed by atoms with Crippen LogP contribution >= 0.6 is 11.8 Å². The van der Waals surface area contributed by atoms with Crippen molar-refractivity contribution in [3.63, 3.8) is 0 Å². The number of fused-ring (bicyclic) bond motifs is 1. The van der Waals surface area contributed by atoms with Gasteiger partial charge in [0.2, 0.25) is 11.1 Å². The van der Waals surface area contributed by atoms with Gasteiger partial charge in [-0.05, 0) is 57.7 Å². The number of ether oxygens (including phenoxy) is 1. The molecule has 0 radical (unpaired) electrons. The van der Waals surface area contributed by atoms with Crippen molar-refractivity contribution in [1.82, 2.24) is 14.8 Å². The molecule has 1 aromatic heterocycles. The van der Waals surface area contributed by atoms with Crippen molar-refractivity contribution in [1.29, 1.82) is 0 Å². The minimum absolute atomic E-state index is 0.109. The van der Waals surface area contributed by atoms with Crippen LogP contribution in [0.3, 0.4) is 0 Å². The summed E-state index contributed by atoms with van der Waals surface area (Å²) in [7, 11) is 0. The topological polar surface area (TPSA) is 69.0 Å². The van der Waals surface area contributed by atoms with Crippen molar-refractivity contribution in [2.45, 2.75) is 76.4 Å². The molecule has 0 saturated carbocycles. The number of Topliss-reactive ketones (excluding diaryl/α,β-unsaturated/α-hetero) is 1. The molecular weight excluding hydrogens is 559 g/mol. The zero-order valence-corrected chi connectivity index (χ0v) is 26.1. The van der Waals surface area contributed by atoms with Crippen molar-refractivity contribution < 1.29 is 13.9 Å². The number of hydrogen-bond donors (Lipinski definition) is 1. The van der Waals surface area contributed by atoms with Gasteiger partial charge >= 0.3 is 0 Å². The Bertz CT molecular complexity index is 1680. The lowest BCUT2D eigenvalue weighted by atomic mass is 9.73. The number of halogens is 1. The Balaban J connectivity index is 1.25. The van der Waals surface area contributed by atoms with Crippen molar-refractivity contribution in [3.8, 4) is 5.75 Å². The largest absolute Gasteiger partial charge is 0.489 e. The second-order valence-electron chi connectivity index (χ2n) is 13.2. The molecule has 2 heterocycles. The third kappa shape index (κ3) is 6.25. The van der Waals surface area contributed by atoms with E-state index in [9.17, 15) is 9.18 Å². The van der Waals surface area contributed by atoms with E-state index in [1.807, 2.05) is 30.3 Å². The van der Waals surface area contributed by atoms with Crippen LogP contribution in [0.5, 0.6) is 5.75 Å². The van der Waals surface area contributed by atoms with E-state index < -0.39 is 6.04 Å².